The third-order valence-corrected chi connectivity index (χ3v) is 3.13. The van der Waals surface area contributed by atoms with Gasteiger partial charge in [-0.15, -0.1) is 0 Å². The minimum atomic E-state index is 0.437. The van der Waals surface area contributed by atoms with E-state index in [0.717, 1.165) is 5.92 Å². The molecule has 0 radical (unpaired) electrons. The van der Waals surface area contributed by atoms with Gasteiger partial charge in [-0.25, -0.2) is 0 Å². The molecule has 0 N–H and O–H groups in total. The monoisotopic (exact) mass is 182 g/mol. The first-order valence-corrected chi connectivity index (χ1v) is 5.40. The lowest BCUT2D eigenvalue weighted by atomic mass is 9.86. The molecule has 0 saturated carbocycles. The second-order valence-electron chi connectivity index (χ2n) is 4.31. The zero-order valence-electron chi connectivity index (χ0n) is 9.18. The van der Waals surface area contributed by atoms with Crippen LogP contribution in [0.4, 0.5) is 0 Å². The van der Waals surface area contributed by atoms with Gasteiger partial charge in [0.25, 0.3) is 0 Å². The van der Waals surface area contributed by atoms with Crippen molar-refractivity contribution < 1.29 is 4.74 Å². The molecule has 0 aromatic carbocycles. The molecule has 1 heteroatoms. The SMILES string of the molecule is COC(C)CCC1CC=C(C)CC1. The molecule has 0 fully saturated rings. The average molecular weight is 182 g/mol. The van der Waals surface area contributed by atoms with E-state index in [1.165, 1.54) is 32.1 Å². The Morgan fingerprint density at radius 3 is 2.92 bits per heavy atom. The van der Waals surface area contributed by atoms with Crippen molar-refractivity contribution in [3.8, 4) is 0 Å². The molecule has 76 valence electrons. The van der Waals surface area contributed by atoms with Crippen molar-refractivity contribution in [2.75, 3.05) is 7.11 Å². The standard InChI is InChI=1S/C12H22O/c1-10-4-7-12(8-5-10)9-6-11(2)13-3/h4,11-12H,5-9H2,1-3H3. The topological polar surface area (TPSA) is 9.23 Å². The number of hydrogen-bond donors (Lipinski definition) is 0. The Labute approximate surface area is 82.2 Å². The van der Waals surface area contributed by atoms with E-state index in [4.69, 9.17) is 4.74 Å². The largest absolute Gasteiger partial charge is 0.382 e. The van der Waals surface area contributed by atoms with Gasteiger partial charge in [0, 0.05) is 7.11 Å². The van der Waals surface area contributed by atoms with E-state index < -0.39 is 0 Å². The molecule has 0 spiro atoms. The van der Waals surface area contributed by atoms with E-state index in [9.17, 15) is 0 Å². The molecule has 1 aliphatic carbocycles. The van der Waals surface area contributed by atoms with Gasteiger partial charge in [0.05, 0.1) is 6.10 Å². The summed E-state index contributed by atoms with van der Waals surface area (Å²) in [4.78, 5) is 0. The number of allylic oxidation sites excluding steroid dienone is 2. The minimum absolute atomic E-state index is 0.437. The van der Waals surface area contributed by atoms with Gasteiger partial charge in [-0.05, 0) is 51.9 Å². The maximum Gasteiger partial charge on any atom is 0.0543 e. The Morgan fingerprint density at radius 2 is 2.38 bits per heavy atom. The Morgan fingerprint density at radius 1 is 1.62 bits per heavy atom. The van der Waals surface area contributed by atoms with Gasteiger partial charge in [0.2, 0.25) is 0 Å². The van der Waals surface area contributed by atoms with Crippen molar-refractivity contribution in [1.29, 1.82) is 0 Å². The van der Waals surface area contributed by atoms with Gasteiger partial charge in [0.1, 0.15) is 0 Å². The molecule has 13 heavy (non-hydrogen) atoms. The Balaban J connectivity index is 2.16. The Kier molecular flexibility index (Phi) is 4.51. The van der Waals surface area contributed by atoms with E-state index >= 15 is 0 Å². The van der Waals surface area contributed by atoms with Crippen molar-refractivity contribution >= 4 is 0 Å². The summed E-state index contributed by atoms with van der Waals surface area (Å²) in [6.07, 6.45) is 9.39. The van der Waals surface area contributed by atoms with Gasteiger partial charge >= 0.3 is 0 Å². The van der Waals surface area contributed by atoms with Crippen LogP contribution in [0.5, 0.6) is 0 Å². The fraction of sp³-hybridized carbons (Fsp3) is 0.833. The lowest BCUT2D eigenvalue weighted by Crippen LogP contribution is -2.10. The molecule has 0 aromatic rings. The number of hydrogen-bond acceptors (Lipinski definition) is 1. The molecular weight excluding hydrogens is 160 g/mol. The van der Waals surface area contributed by atoms with Crippen molar-refractivity contribution in [2.24, 2.45) is 5.92 Å². The van der Waals surface area contributed by atoms with Crippen LogP contribution in [0.1, 0.15) is 46.0 Å². The normalized spacial score (nSPS) is 25.5. The Hall–Kier alpha value is -0.300. The molecule has 1 rings (SSSR count). The lowest BCUT2D eigenvalue weighted by molar-refractivity contribution is 0.103. The second kappa shape index (κ2) is 5.43. The van der Waals surface area contributed by atoms with Crippen molar-refractivity contribution in [3.63, 3.8) is 0 Å². The van der Waals surface area contributed by atoms with Crippen molar-refractivity contribution in [1.82, 2.24) is 0 Å². The minimum Gasteiger partial charge on any atom is -0.382 e. The molecular formula is C12H22O. The fourth-order valence-electron chi connectivity index (χ4n) is 1.87. The molecule has 1 nitrogen and oxygen atoms in total. The predicted molar refractivity (Wildman–Crippen MR) is 56.8 cm³/mol. The molecule has 0 heterocycles. The molecule has 2 atom stereocenters. The number of ether oxygens (including phenoxy) is 1. The zero-order valence-corrected chi connectivity index (χ0v) is 9.18. The molecule has 0 saturated heterocycles. The van der Waals surface area contributed by atoms with Crippen LogP contribution in [-0.2, 0) is 4.74 Å². The third-order valence-electron chi connectivity index (χ3n) is 3.13. The van der Waals surface area contributed by atoms with E-state index in [-0.39, 0.29) is 0 Å². The van der Waals surface area contributed by atoms with Crippen LogP contribution < -0.4 is 0 Å². The summed E-state index contributed by atoms with van der Waals surface area (Å²) in [6, 6.07) is 0. The van der Waals surface area contributed by atoms with E-state index in [0.29, 0.717) is 6.10 Å². The number of rotatable bonds is 4. The summed E-state index contributed by atoms with van der Waals surface area (Å²) in [5.41, 5.74) is 1.58. The van der Waals surface area contributed by atoms with Crippen LogP contribution in [-0.4, -0.2) is 13.2 Å². The van der Waals surface area contributed by atoms with E-state index in [1.807, 2.05) is 0 Å². The summed E-state index contributed by atoms with van der Waals surface area (Å²) in [5.74, 6) is 0.918. The highest BCUT2D eigenvalue weighted by Crippen LogP contribution is 2.27. The second-order valence-corrected chi connectivity index (χ2v) is 4.31. The Bertz CT molecular complexity index is 172. The van der Waals surface area contributed by atoms with E-state index in [2.05, 4.69) is 19.9 Å². The maximum atomic E-state index is 5.25. The van der Waals surface area contributed by atoms with Crippen LogP contribution in [0.2, 0.25) is 0 Å². The van der Waals surface area contributed by atoms with Crippen LogP contribution >= 0.6 is 0 Å². The summed E-state index contributed by atoms with van der Waals surface area (Å²) in [5, 5.41) is 0. The average Bonchev–Trinajstić information content (AvgIpc) is 2.16. The highest BCUT2D eigenvalue weighted by atomic mass is 16.5. The van der Waals surface area contributed by atoms with Crippen molar-refractivity contribution in [3.05, 3.63) is 11.6 Å². The summed E-state index contributed by atoms with van der Waals surface area (Å²) in [7, 11) is 1.80. The molecule has 2 unspecified atom stereocenters. The first-order chi connectivity index (χ1) is 6.22. The maximum absolute atomic E-state index is 5.25. The van der Waals surface area contributed by atoms with Crippen LogP contribution in [0.15, 0.2) is 11.6 Å². The fourth-order valence-corrected chi connectivity index (χ4v) is 1.87. The molecule has 1 aliphatic rings. The van der Waals surface area contributed by atoms with Crippen LogP contribution in [0, 0.1) is 5.92 Å². The van der Waals surface area contributed by atoms with Crippen LogP contribution in [0.3, 0.4) is 0 Å². The van der Waals surface area contributed by atoms with Gasteiger partial charge in [-0.2, -0.15) is 0 Å². The quantitative estimate of drug-likeness (QED) is 0.604. The first kappa shape index (κ1) is 10.8. The summed E-state index contributed by atoms with van der Waals surface area (Å²) < 4.78 is 5.25. The lowest BCUT2D eigenvalue weighted by Gasteiger charge is -2.21. The number of methoxy groups -OCH3 is 1. The summed E-state index contributed by atoms with van der Waals surface area (Å²) >= 11 is 0. The third kappa shape index (κ3) is 3.95. The molecule has 0 aliphatic heterocycles. The van der Waals surface area contributed by atoms with Crippen molar-refractivity contribution in [2.45, 2.75) is 52.1 Å². The van der Waals surface area contributed by atoms with E-state index in [1.54, 1.807) is 12.7 Å². The molecule has 0 bridgehead atoms. The van der Waals surface area contributed by atoms with Gasteiger partial charge in [-0.3, -0.25) is 0 Å². The highest BCUT2D eigenvalue weighted by molar-refractivity contribution is 5.02. The zero-order chi connectivity index (χ0) is 9.68. The highest BCUT2D eigenvalue weighted by Gasteiger charge is 2.13. The molecule has 0 amide bonds. The van der Waals surface area contributed by atoms with Crippen LogP contribution in [0.25, 0.3) is 0 Å². The van der Waals surface area contributed by atoms with Gasteiger partial charge in [0.15, 0.2) is 0 Å². The summed E-state index contributed by atoms with van der Waals surface area (Å²) in [6.45, 7) is 4.40. The predicted octanol–water partition coefficient (Wildman–Crippen LogP) is 3.55. The smallest absolute Gasteiger partial charge is 0.0543 e. The first-order valence-electron chi connectivity index (χ1n) is 5.40. The van der Waals surface area contributed by atoms with Gasteiger partial charge < -0.3 is 4.74 Å². The molecule has 0 aromatic heterocycles. The van der Waals surface area contributed by atoms with Gasteiger partial charge in [-0.1, -0.05) is 11.6 Å².